The van der Waals surface area contributed by atoms with Crippen molar-refractivity contribution in [3.63, 3.8) is 0 Å². The third kappa shape index (κ3) is 3.82. The van der Waals surface area contributed by atoms with E-state index in [2.05, 4.69) is 0 Å². The molecule has 0 N–H and O–H groups in total. The molecule has 0 amide bonds. The fraction of sp³-hybridized carbons (Fsp3) is 0.333. The van der Waals surface area contributed by atoms with Crippen LogP contribution in [0.4, 0.5) is 4.39 Å². The van der Waals surface area contributed by atoms with E-state index >= 15 is 0 Å². The van der Waals surface area contributed by atoms with Gasteiger partial charge in [0.05, 0.1) is 9.95 Å². The molecule has 0 aliphatic carbocycles. The number of benzene rings is 1. The summed E-state index contributed by atoms with van der Waals surface area (Å²) in [4.78, 5) is 10.3. The smallest absolute Gasteiger partial charge is 0.247 e. The second kappa shape index (κ2) is 5.77. The number of hydrogen-bond acceptors (Lipinski definition) is 2. The van der Waals surface area contributed by atoms with E-state index in [0.717, 1.165) is 0 Å². The molecule has 0 radical (unpaired) electrons. The molecule has 1 rings (SSSR count). The van der Waals surface area contributed by atoms with Crippen molar-refractivity contribution in [2.75, 3.05) is 0 Å². The summed E-state index contributed by atoms with van der Waals surface area (Å²) >= 11 is 5.61. The Bertz CT molecular complexity index is 458. The highest BCUT2D eigenvalue weighted by atomic mass is 35.5. The molecule has 0 heterocycles. The van der Waals surface area contributed by atoms with E-state index in [4.69, 9.17) is 11.6 Å². The molecule has 0 aliphatic heterocycles. The van der Waals surface area contributed by atoms with Gasteiger partial charge in [0.25, 0.3) is 0 Å². The van der Waals surface area contributed by atoms with Crippen LogP contribution in [-0.2, 0) is 0 Å². The molecule has 0 aliphatic rings. The van der Waals surface area contributed by atoms with Gasteiger partial charge in [-0.2, -0.15) is 0 Å². The molecular formula is C12H13ClFNO2. The third-order valence-electron chi connectivity index (χ3n) is 2.16. The predicted octanol–water partition coefficient (Wildman–Crippen LogP) is 4.14. The predicted molar refractivity (Wildman–Crippen MR) is 65.8 cm³/mol. The summed E-state index contributed by atoms with van der Waals surface area (Å²) in [5, 5.41) is 10.8. The van der Waals surface area contributed by atoms with E-state index in [1.165, 1.54) is 18.2 Å². The van der Waals surface area contributed by atoms with Crippen LogP contribution in [0.15, 0.2) is 23.9 Å². The Morgan fingerprint density at radius 1 is 1.59 bits per heavy atom. The van der Waals surface area contributed by atoms with E-state index in [9.17, 15) is 14.5 Å². The highest BCUT2D eigenvalue weighted by molar-refractivity contribution is 6.30. The number of rotatable bonds is 4. The number of hydrogen-bond donors (Lipinski definition) is 0. The molecule has 0 atom stereocenters. The maximum absolute atomic E-state index is 13.6. The summed E-state index contributed by atoms with van der Waals surface area (Å²) in [6.45, 7) is 3.73. The zero-order valence-electron chi connectivity index (χ0n) is 9.61. The maximum Gasteiger partial charge on any atom is 0.247 e. The molecule has 0 fully saturated rings. The normalized spacial score (nSPS) is 11.9. The fourth-order valence-corrected chi connectivity index (χ4v) is 1.60. The zero-order valence-corrected chi connectivity index (χ0v) is 10.4. The summed E-state index contributed by atoms with van der Waals surface area (Å²) in [5.74, 6) is -0.494. The Labute approximate surface area is 104 Å². The van der Waals surface area contributed by atoms with Crippen LogP contribution in [0.3, 0.4) is 0 Å². The van der Waals surface area contributed by atoms with Gasteiger partial charge < -0.3 is 0 Å². The average Bonchev–Trinajstić information content (AvgIpc) is 2.22. The lowest BCUT2D eigenvalue weighted by molar-refractivity contribution is -0.427. The van der Waals surface area contributed by atoms with Crippen LogP contribution < -0.4 is 0 Å². The molecule has 0 saturated carbocycles. The topological polar surface area (TPSA) is 43.1 Å². The summed E-state index contributed by atoms with van der Waals surface area (Å²) in [7, 11) is 0. The molecule has 0 unspecified atom stereocenters. The Morgan fingerprint density at radius 2 is 2.24 bits per heavy atom. The van der Waals surface area contributed by atoms with Gasteiger partial charge in [-0.25, -0.2) is 4.39 Å². The van der Waals surface area contributed by atoms with E-state index in [1.807, 2.05) is 13.8 Å². The molecule has 3 nitrogen and oxygen atoms in total. The average molecular weight is 258 g/mol. The van der Waals surface area contributed by atoms with Crippen LogP contribution >= 0.6 is 11.6 Å². The Hall–Kier alpha value is -1.42. The van der Waals surface area contributed by atoms with E-state index in [0.29, 0.717) is 6.42 Å². The minimum absolute atomic E-state index is 0.0128. The lowest BCUT2D eigenvalue weighted by Crippen LogP contribution is -2.02. The first kappa shape index (κ1) is 13.6. The monoisotopic (exact) mass is 257 g/mol. The highest BCUT2D eigenvalue weighted by Crippen LogP contribution is 2.22. The van der Waals surface area contributed by atoms with Gasteiger partial charge in [0, 0.05) is 18.1 Å². The molecule has 0 aromatic heterocycles. The van der Waals surface area contributed by atoms with Gasteiger partial charge in [-0.1, -0.05) is 37.6 Å². The summed E-state index contributed by atoms with van der Waals surface area (Å²) < 4.78 is 13.6. The van der Waals surface area contributed by atoms with Gasteiger partial charge >= 0.3 is 0 Å². The van der Waals surface area contributed by atoms with Gasteiger partial charge in [0.15, 0.2) is 0 Å². The summed E-state index contributed by atoms with van der Waals surface area (Å²) in [5.41, 5.74) is 0.131. The molecule has 5 heteroatoms. The third-order valence-corrected chi connectivity index (χ3v) is 2.45. The molecule has 0 bridgehead atoms. The largest absolute Gasteiger partial charge is 0.259 e. The summed E-state index contributed by atoms with van der Waals surface area (Å²) in [6.07, 6.45) is 1.53. The van der Waals surface area contributed by atoms with Gasteiger partial charge in [0.2, 0.25) is 5.70 Å². The van der Waals surface area contributed by atoms with Crippen LogP contribution in [0.1, 0.15) is 25.8 Å². The molecule has 17 heavy (non-hydrogen) atoms. The molecule has 1 aromatic carbocycles. The van der Waals surface area contributed by atoms with Crippen LogP contribution in [0.5, 0.6) is 0 Å². The number of nitro groups is 1. The Balaban J connectivity index is 3.13. The van der Waals surface area contributed by atoms with Crippen molar-refractivity contribution < 1.29 is 9.31 Å². The van der Waals surface area contributed by atoms with Crippen molar-refractivity contribution in [3.05, 3.63) is 50.4 Å². The van der Waals surface area contributed by atoms with Crippen LogP contribution in [0.2, 0.25) is 5.02 Å². The van der Waals surface area contributed by atoms with Crippen molar-refractivity contribution in [1.82, 2.24) is 0 Å². The fourth-order valence-electron chi connectivity index (χ4n) is 1.42. The first-order valence-corrected chi connectivity index (χ1v) is 5.58. The second-order valence-electron chi connectivity index (χ2n) is 4.13. The molecule has 92 valence electrons. The van der Waals surface area contributed by atoms with Gasteiger partial charge in [-0.3, -0.25) is 10.1 Å². The van der Waals surface area contributed by atoms with E-state index in [-0.39, 0.29) is 22.2 Å². The van der Waals surface area contributed by atoms with Crippen LogP contribution in [-0.4, -0.2) is 4.92 Å². The first-order chi connectivity index (χ1) is 7.91. The van der Waals surface area contributed by atoms with Crippen molar-refractivity contribution in [3.8, 4) is 0 Å². The standard InChI is InChI=1S/C12H13ClFNO2/c1-8(2)6-10(15(16)17)7-9-4-3-5-11(13)12(9)14/h3-5,7-8H,6H2,1-2H3/b10-7-. The van der Waals surface area contributed by atoms with Gasteiger partial charge in [-0.05, 0) is 12.0 Å². The number of allylic oxidation sites excluding steroid dienone is 1. The van der Waals surface area contributed by atoms with Gasteiger partial charge in [-0.15, -0.1) is 0 Å². The zero-order chi connectivity index (χ0) is 13.0. The number of nitrogens with zero attached hydrogens (tertiary/aromatic N) is 1. The van der Waals surface area contributed by atoms with Crippen molar-refractivity contribution >= 4 is 17.7 Å². The molecule has 1 aromatic rings. The number of halogens is 2. The van der Waals surface area contributed by atoms with Crippen LogP contribution in [0.25, 0.3) is 6.08 Å². The quantitative estimate of drug-likeness (QED) is 0.601. The van der Waals surface area contributed by atoms with Crippen molar-refractivity contribution in [1.29, 1.82) is 0 Å². The van der Waals surface area contributed by atoms with Gasteiger partial charge in [0.1, 0.15) is 5.82 Å². The lowest BCUT2D eigenvalue weighted by atomic mass is 10.1. The Morgan fingerprint density at radius 3 is 2.76 bits per heavy atom. The van der Waals surface area contributed by atoms with E-state index < -0.39 is 10.7 Å². The molecule has 0 spiro atoms. The highest BCUT2D eigenvalue weighted by Gasteiger charge is 2.15. The summed E-state index contributed by atoms with van der Waals surface area (Å²) in [6, 6.07) is 4.43. The minimum atomic E-state index is -0.628. The Kier molecular flexibility index (Phi) is 4.63. The second-order valence-corrected chi connectivity index (χ2v) is 4.54. The first-order valence-electron chi connectivity index (χ1n) is 5.20. The lowest BCUT2D eigenvalue weighted by Gasteiger charge is -2.03. The molecule has 0 saturated heterocycles. The van der Waals surface area contributed by atoms with Crippen molar-refractivity contribution in [2.24, 2.45) is 5.92 Å². The SMILES string of the molecule is CC(C)C/C(=C/c1cccc(Cl)c1F)[N+](=O)[O-]. The maximum atomic E-state index is 13.6. The van der Waals surface area contributed by atoms with E-state index in [1.54, 1.807) is 6.07 Å². The van der Waals surface area contributed by atoms with Crippen LogP contribution in [0, 0.1) is 21.8 Å². The van der Waals surface area contributed by atoms with Crippen molar-refractivity contribution in [2.45, 2.75) is 20.3 Å². The minimum Gasteiger partial charge on any atom is -0.259 e. The molecular weight excluding hydrogens is 245 g/mol.